The van der Waals surface area contributed by atoms with Gasteiger partial charge in [-0.2, -0.15) is 0 Å². The van der Waals surface area contributed by atoms with Crippen LogP contribution >= 0.6 is 7.26 Å². The van der Waals surface area contributed by atoms with Crippen molar-refractivity contribution in [2.75, 3.05) is 20.8 Å². The summed E-state index contributed by atoms with van der Waals surface area (Å²) in [5, 5.41) is 12.3. The molecule has 0 spiro atoms. The molecule has 6 heteroatoms. The number of benzene rings is 1. The lowest BCUT2D eigenvalue weighted by molar-refractivity contribution is -0.0441. The van der Waals surface area contributed by atoms with E-state index in [1.807, 2.05) is 6.07 Å². The average Bonchev–Trinajstić information content (AvgIpc) is 2.94. The van der Waals surface area contributed by atoms with E-state index in [1.165, 1.54) is 102 Å². The van der Waals surface area contributed by atoms with Crippen LogP contribution < -0.4 is 10.0 Å². The van der Waals surface area contributed by atoms with Crippen LogP contribution in [0.5, 0.6) is 11.5 Å². The predicted octanol–water partition coefficient (Wildman–Crippen LogP) is 7.50. The molecule has 4 nitrogen and oxygen atoms in total. The van der Waals surface area contributed by atoms with Crippen molar-refractivity contribution in [3.8, 4) is 11.5 Å². The van der Waals surface area contributed by atoms with Crippen LogP contribution in [-0.4, -0.2) is 58.3 Å². The third-order valence-electron chi connectivity index (χ3n) is 9.21. The molecule has 1 aromatic carbocycles. The highest BCUT2D eigenvalue weighted by Gasteiger charge is 2.60. The standard InChI is InChI=1S/C30H49O4PSi/c1-32-30(33-2)36-22-12-21-34-28-20-19-24(31)23-29(28)35(25-13-6-3-7-14-25,26-15-8-4-9-16-26)27-17-10-5-11-18-27/h19-20,23,25-27,30H,3-18,21-22H2,1-2H3/p+1. The summed E-state index contributed by atoms with van der Waals surface area (Å²) in [6.07, 6.45) is 21.9. The lowest BCUT2D eigenvalue weighted by atomic mass is 9.99. The molecule has 0 heterocycles. The second-order valence-electron chi connectivity index (χ2n) is 11.3. The molecule has 202 valence electrons. The second-order valence-corrected chi connectivity index (χ2v) is 17.0. The number of phenols is 1. The lowest BCUT2D eigenvalue weighted by Gasteiger charge is -2.49. The number of hydrogen-bond acceptors (Lipinski definition) is 4. The van der Waals surface area contributed by atoms with Gasteiger partial charge in [0.1, 0.15) is 26.5 Å². The Morgan fingerprint density at radius 2 is 1.31 bits per heavy atom. The first-order valence-electron chi connectivity index (χ1n) is 14.8. The maximum absolute atomic E-state index is 10.9. The summed E-state index contributed by atoms with van der Waals surface area (Å²) in [7, 11) is 2.51. The van der Waals surface area contributed by atoms with Gasteiger partial charge in [-0.15, -0.1) is 0 Å². The Labute approximate surface area is 223 Å². The summed E-state index contributed by atoms with van der Waals surface area (Å²) in [4.78, 5) is 0. The van der Waals surface area contributed by atoms with Gasteiger partial charge in [0.25, 0.3) is 0 Å². The van der Waals surface area contributed by atoms with Crippen molar-refractivity contribution < 1.29 is 19.3 Å². The molecule has 0 amide bonds. The average molecular weight is 534 g/mol. The van der Waals surface area contributed by atoms with Gasteiger partial charge in [0, 0.05) is 20.3 Å². The highest BCUT2D eigenvalue weighted by Crippen LogP contribution is 2.77. The molecule has 3 aliphatic carbocycles. The molecule has 0 atom stereocenters. The maximum Gasteiger partial charge on any atom is 0.161 e. The van der Waals surface area contributed by atoms with E-state index in [1.54, 1.807) is 14.2 Å². The van der Waals surface area contributed by atoms with Crippen LogP contribution in [0.25, 0.3) is 0 Å². The molecule has 3 fully saturated rings. The van der Waals surface area contributed by atoms with Crippen LogP contribution in [0.1, 0.15) is 103 Å². The molecule has 0 aromatic heterocycles. The lowest BCUT2D eigenvalue weighted by Crippen LogP contribution is -2.42. The van der Waals surface area contributed by atoms with Crippen molar-refractivity contribution in [1.29, 1.82) is 0 Å². The molecular weight excluding hydrogens is 483 g/mol. The van der Waals surface area contributed by atoms with Gasteiger partial charge >= 0.3 is 0 Å². The van der Waals surface area contributed by atoms with E-state index in [0.29, 0.717) is 15.3 Å². The van der Waals surface area contributed by atoms with Gasteiger partial charge in [0.05, 0.1) is 30.8 Å². The Morgan fingerprint density at radius 3 is 1.78 bits per heavy atom. The van der Waals surface area contributed by atoms with Gasteiger partial charge in [-0.3, -0.25) is 0 Å². The Hall–Kier alpha value is -0.613. The van der Waals surface area contributed by atoms with Gasteiger partial charge in [-0.25, -0.2) is 0 Å². The minimum atomic E-state index is -1.54. The summed E-state index contributed by atoms with van der Waals surface area (Å²) in [5.41, 5.74) is 2.48. The fourth-order valence-corrected chi connectivity index (χ4v) is 16.1. The highest BCUT2D eigenvalue weighted by molar-refractivity contribution is 7.85. The molecule has 0 saturated heterocycles. The van der Waals surface area contributed by atoms with Gasteiger partial charge in [-0.05, 0) is 95.6 Å². The van der Waals surface area contributed by atoms with Crippen LogP contribution in [0, 0.1) is 0 Å². The van der Waals surface area contributed by atoms with E-state index in [4.69, 9.17) is 14.2 Å². The molecule has 36 heavy (non-hydrogen) atoms. The van der Waals surface area contributed by atoms with E-state index in [2.05, 4.69) is 12.1 Å². The van der Waals surface area contributed by atoms with Gasteiger partial charge in [-0.1, -0.05) is 25.3 Å². The quantitative estimate of drug-likeness (QED) is 0.131. The number of hydrogen-bond donors (Lipinski definition) is 1. The number of aromatic hydroxyl groups is 1. The SMILES string of the molecule is COC(OC)[Si]CCCOc1ccc(O)cc1[P+](C1CCCCC1)(C1CCCCC1)C1CCCCC1. The Morgan fingerprint density at radius 1 is 0.806 bits per heavy atom. The number of rotatable bonds is 12. The topological polar surface area (TPSA) is 47.9 Å². The van der Waals surface area contributed by atoms with Crippen LogP contribution in [-0.2, 0) is 9.47 Å². The minimum absolute atomic E-state index is 0.100. The fraction of sp³-hybridized carbons (Fsp3) is 0.800. The van der Waals surface area contributed by atoms with Crippen LogP contribution in [0.2, 0.25) is 6.04 Å². The molecular formula is C30H50O4PSi+. The van der Waals surface area contributed by atoms with E-state index in [9.17, 15) is 5.11 Å². The normalized spacial score (nSPS) is 21.2. The monoisotopic (exact) mass is 533 g/mol. The zero-order chi connectivity index (χ0) is 25.2. The predicted molar refractivity (Wildman–Crippen MR) is 154 cm³/mol. The molecule has 2 radical (unpaired) electrons. The smallest absolute Gasteiger partial charge is 0.161 e. The summed E-state index contributed by atoms with van der Waals surface area (Å²) in [6.45, 7) is 0.727. The van der Waals surface area contributed by atoms with Crippen molar-refractivity contribution in [3.05, 3.63) is 18.2 Å². The molecule has 1 aromatic rings. The van der Waals surface area contributed by atoms with Crippen molar-refractivity contribution in [2.24, 2.45) is 0 Å². The first-order chi connectivity index (χ1) is 17.7. The molecule has 3 aliphatic rings. The second kappa shape index (κ2) is 14.5. The van der Waals surface area contributed by atoms with E-state index >= 15 is 0 Å². The van der Waals surface area contributed by atoms with Crippen LogP contribution in [0.4, 0.5) is 0 Å². The molecule has 4 rings (SSSR count). The molecule has 0 bridgehead atoms. The number of methoxy groups -OCH3 is 2. The molecule has 0 unspecified atom stereocenters. The minimum Gasteiger partial charge on any atom is -0.508 e. The van der Waals surface area contributed by atoms with Crippen LogP contribution in [0.15, 0.2) is 18.2 Å². The van der Waals surface area contributed by atoms with Crippen molar-refractivity contribution in [1.82, 2.24) is 0 Å². The molecule has 3 saturated carbocycles. The van der Waals surface area contributed by atoms with E-state index < -0.39 is 7.26 Å². The number of ether oxygens (including phenoxy) is 3. The zero-order valence-electron chi connectivity index (χ0n) is 22.9. The largest absolute Gasteiger partial charge is 0.508 e. The highest BCUT2D eigenvalue weighted by atomic mass is 31.2. The van der Waals surface area contributed by atoms with Gasteiger partial charge in [0.15, 0.2) is 5.75 Å². The molecule has 0 aliphatic heterocycles. The summed E-state index contributed by atoms with van der Waals surface area (Å²) < 4.78 is 17.4. The third-order valence-corrected chi connectivity index (χ3v) is 17.0. The first-order valence-corrected chi connectivity index (χ1v) is 18.1. The summed E-state index contributed by atoms with van der Waals surface area (Å²) in [5.74, 6) is 1.44. The fourth-order valence-electron chi connectivity index (χ4n) is 7.68. The number of phenolic OH excluding ortho intramolecular Hbond substituents is 1. The van der Waals surface area contributed by atoms with E-state index in [0.717, 1.165) is 41.8 Å². The van der Waals surface area contributed by atoms with Crippen molar-refractivity contribution in [3.63, 3.8) is 0 Å². The summed E-state index contributed by atoms with van der Waals surface area (Å²) in [6, 6.07) is 7.22. The van der Waals surface area contributed by atoms with Crippen LogP contribution in [0.3, 0.4) is 0 Å². The molecule has 1 N–H and O–H groups in total. The van der Waals surface area contributed by atoms with Crippen molar-refractivity contribution in [2.45, 2.75) is 132 Å². The maximum atomic E-state index is 10.9. The summed E-state index contributed by atoms with van der Waals surface area (Å²) >= 11 is 0. The van der Waals surface area contributed by atoms with E-state index in [-0.39, 0.29) is 5.91 Å². The zero-order valence-corrected chi connectivity index (χ0v) is 24.8. The Balaban J connectivity index is 1.66. The van der Waals surface area contributed by atoms with Gasteiger partial charge < -0.3 is 19.3 Å². The van der Waals surface area contributed by atoms with Crippen molar-refractivity contribution >= 4 is 22.1 Å². The Bertz CT molecular complexity index is 723. The Kier molecular flexibility index (Phi) is 11.4. The van der Waals surface area contributed by atoms with Gasteiger partial charge in [0.2, 0.25) is 0 Å². The first kappa shape index (κ1) is 28.4. The third kappa shape index (κ3) is 6.68.